The van der Waals surface area contributed by atoms with E-state index in [-0.39, 0.29) is 10.8 Å². The summed E-state index contributed by atoms with van der Waals surface area (Å²) in [4.78, 5) is 5.81. The van der Waals surface area contributed by atoms with E-state index in [1.165, 1.54) is 0 Å². The van der Waals surface area contributed by atoms with Gasteiger partial charge in [-0.2, -0.15) is 9.10 Å². The van der Waals surface area contributed by atoms with Crippen LogP contribution in [0, 0.1) is 5.92 Å². The summed E-state index contributed by atoms with van der Waals surface area (Å²) < 4.78 is 32.7. The smallest absolute Gasteiger partial charge is 0.243 e. The SMILES string of the molecule is COc1ccc(S(=O)(=O)N2CCC[C@H](Cn3nnc(-c4ccncc4)n3)C2)cc1. The van der Waals surface area contributed by atoms with Gasteiger partial charge in [-0.1, -0.05) is 0 Å². The quantitative estimate of drug-likeness (QED) is 0.606. The summed E-state index contributed by atoms with van der Waals surface area (Å²) in [6.45, 7) is 1.46. The number of hydrogen-bond acceptors (Lipinski definition) is 7. The molecule has 0 radical (unpaired) electrons. The lowest BCUT2D eigenvalue weighted by Crippen LogP contribution is -2.41. The monoisotopic (exact) mass is 414 g/mol. The van der Waals surface area contributed by atoms with Crippen LogP contribution in [-0.4, -0.2) is 58.1 Å². The van der Waals surface area contributed by atoms with Gasteiger partial charge in [0.05, 0.1) is 18.6 Å². The molecule has 3 aromatic rings. The summed E-state index contributed by atoms with van der Waals surface area (Å²) in [6, 6.07) is 10.1. The minimum absolute atomic E-state index is 0.122. The van der Waals surface area contributed by atoms with Crippen molar-refractivity contribution in [3.63, 3.8) is 0 Å². The Morgan fingerprint density at radius 2 is 1.90 bits per heavy atom. The maximum absolute atomic E-state index is 13.0. The van der Waals surface area contributed by atoms with E-state index in [1.54, 1.807) is 52.9 Å². The molecule has 1 aliphatic rings. The highest BCUT2D eigenvalue weighted by Crippen LogP contribution is 2.26. The molecule has 1 fully saturated rings. The van der Waals surface area contributed by atoms with Gasteiger partial charge in [0.15, 0.2) is 0 Å². The van der Waals surface area contributed by atoms with E-state index in [4.69, 9.17) is 4.74 Å². The number of aromatic nitrogens is 5. The van der Waals surface area contributed by atoms with Gasteiger partial charge in [-0.25, -0.2) is 8.42 Å². The number of ether oxygens (including phenoxy) is 1. The number of sulfonamides is 1. The first kappa shape index (κ1) is 19.5. The highest BCUT2D eigenvalue weighted by molar-refractivity contribution is 7.89. The Hall–Kier alpha value is -2.85. The van der Waals surface area contributed by atoms with E-state index in [2.05, 4.69) is 20.4 Å². The third-order valence-electron chi connectivity index (χ3n) is 4.99. The van der Waals surface area contributed by atoms with Crippen molar-refractivity contribution in [3.8, 4) is 17.1 Å². The van der Waals surface area contributed by atoms with E-state index in [0.717, 1.165) is 18.4 Å². The van der Waals surface area contributed by atoms with E-state index in [9.17, 15) is 8.42 Å². The Morgan fingerprint density at radius 3 is 2.62 bits per heavy atom. The molecule has 4 rings (SSSR count). The molecule has 0 bridgehead atoms. The number of methoxy groups -OCH3 is 1. The second kappa shape index (κ2) is 8.26. The lowest BCUT2D eigenvalue weighted by Gasteiger charge is -2.31. The number of piperidine rings is 1. The first-order valence-corrected chi connectivity index (χ1v) is 10.8. The summed E-state index contributed by atoms with van der Waals surface area (Å²) in [5, 5.41) is 12.6. The summed E-state index contributed by atoms with van der Waals surface area (Å²) in [7, 11) is -1.99. The summed E-state index contributed by atoms with van der Waals surface area (Å²) in [6.07, 6.45) is 5.07. The van der Waals surface area contributed by atoms with E-state index in [1.807, 2.05) is 12.1 Å². The lowest BCUT2D eigenvalue weighted by atomic mass is 10.00. The third-order valence-corrected chi connectivity index (χ3v) is 6.87. The van der Waals surface area contributed by atoms with Crippen LogP contribution in [0.2, 0.25) is 0 Å². The zero-order chi connectivity index (χ0) is 20.3. The molecule has 1 aromatic carbocycles. The molecule has 1 aliphatic heterocycles. The van der Waals surface area contributed by atoms with Crippen LogP contribution < -0.4 is 4.74 Å². The predicted octanol–water partition coefficient (Wildman–Crippen LogP) is 1.84. The van der Waals surface area contributed by atoms with Crippen molar-refractivity contribution in [1.29, 1.82) is 0 Å². The predicted molar refractivity (Wildman–Crippen MR) is 106 cm³/mol. The second-order valence-electron chi connectivity index (χ2n) is 6.95. The molecule has 1 atom stereocenters. The molecular formula is C19H22N6O3S. The molecule has 0 spiro atoms. The van der Waals surface area contributed by atoms with Crippen LogP contribution in [0.5, 0.6) is 5.75 Å². The van der Waals surface area contributed by atoms with Gasteiger partial charge in [0.25, 0.3) is 0 Å². The number of pyridine rings is 1. The highest BCUT2D eigenvalue weighted by Gasteiger charge is 2.30. The largest absolute Gasteiger partial charge is 0.497 e. The van der Waals surface area contributed by atoms with Crippen molar-refractivity contribution < 1.29 is 13.2 Å². The Morgan fingerprint density at radius 1 is 1.14 bits per heavy atom. The number of nitrogens with zero attached hydrogens (tertiary/aromatic N) is 6. The van der Waals surface area contributed by atoms with Gasteiger partial charge in [-0.05, 0) is 60.4 Å². The summed E-state index contributed by atoms with van der Waals surface area (Å²) >= 11 is 0. The van der Waals surface area contributed by atoms with Gasteiger partial charge < -0.3 is 4.74 Å². The average molecular weight is 414 g/mol. The fourth-order valence-electron chi connectivity index (χ4n) is 3.46. The molecule has 0 unspecified atom stereocenters. The second-order valence-corrected chi connectivity index (χ2v) is 8.89. The zero-order valence-electron chi connectivity index (χ0n) is 16.0. The number of hydrogen-bond donors (Lipinski definition) is 0. The Kier molecular flexibility index (Phi) is 5.54. The average Bonchev–Trinajstić information content (AvgIpc) is 3.23. The zero-order valence-corrected chi connectivity index (χ0v) is 16.9. The number of benzene rings is 1. The van der Waals surface area contributed by atoms with Crippen molar-refractivity contribution in [2.45, 2.75) is 24.3 Å². The van der Waals surface area contributed by atoms with Crippen LogP contribution in [0.4, 0.5) is 0 Å². The van der Waals surface area contributed by atoms with Gasteiger partial charge in [0, 0.05) is 31.0 Å². The number of rotatable bonds is 6. The topological polar surface area (TPSA) is 103 Å². The van der Waals surface area contributed by atoms with Gasteiger partial charge >= 0.3 is 0 Å². The van der Waals surface area contributed by atoms with Crippen molar-refractivity contribution in [1.82, 2.24) is 29.5 Å². The van der Waals surface area contributed by atoms with Crippen LogP contribution in [0.15, 0.2) is 53.7 Å². The Labute approximate surface area is 169 Å². The molecule has 0 saturated carbocycles. The standard InChI is InChI=1S/C19H22N6O3S/c1-28-17-4-6-18(7-5-17)29(26,27)24-12-2-3-15(13-24)14-25-22-19(21-23-25)16-8-10-20-11-9-16/h4-11,15H,2-3,12-14H2,1H3/t15-/m0/s1. The molecular weight excluding hydrogens is 392 g/mol. The minimum Gasteiger partial charge on any atom is -0.497 e. The van der Waals surface area contributed by atoms with E-state index in [0.29, 0.717) is 31.2 Å². The summed E-state index contributed by atoms with van der Waals surface area (Å²) in [5.74, 6) is 1.28. The summed E-state index contributed by atoms with van der Waals surface area (Å²) in [5.41, 5.74) is 0.846. The van der Waals surface area contributed by atoms with Crippen LogP contribution in [0.25, 0.3) is 11.4 Å². The fraction of sp³-hybridized carbons (Fsp3) is 0.368. The van der Waals surface area contributed by atoms with Crippen LogP contribution >= 0.6 is 0 Å². The third kappa shape index (κ3) is 4.28. The molecule has 2 aromatic heterocycles. The van der Waals surface area contributed by atoms with Gasteiger partial charge in [0.2, 0.25) is 15.8 Å². The van der Waals surface area contributed by atoms with Crippen molar-refractivity contribution in [2.24, 2.45) is 5.92 Å². The van der Waals surface area contributed by atoms with Gasteiger partial charge in [-0.15, -0.1) is 10.2 Å². The van der Waals surface area contributed by atoms with E-state index >= 15 is 0 Å². The molecule has 0 amide bonds. The highest BCUT2D eigenvalue weighted by atomic mass is 32.2. The first-order chi connectivity index (χ1) is 14.1. The Balaban J connectivity index is 1.45. The van der Waals surface area contributed by atoms with E-state index < -0.39 is 10.0 Å². The molecule has 3 heterocycles. The van der Waals surface area contributed by atoms with Crippen LogP contribution in [0.1, 0.15) is 12.8 Å². The molecule has 152 valence electrons. The molecule has 29 heavy (non-hydrogen) atoms. The van der Waals surface area contributed by atoms with Gasteiger partial charge in [0.1, 0.15) is 5.75 Å². The molecule has 1 saturated heterocycles. The molecule has 0 aliphatic carbocycles. The maximum Gasteiger partial charge on any atom is 0.243 e. The van der Waals surface area contributed by atoms with Crippen LogP contribution in [0.3, 0.4) is 0 Å². The van der Waals surface area contributed by atoms with Crippen molar-refractivity contribution >= 4 is 10.0 Å². The normalized spacial score (nSPS) is 17.9. The van der Waals surface area contributed by atoms with Gasteiger partial charge in [-0.3, -0.25) is 4.98 Å². The molecule has 9 nitrogen and oxygen atoms in total. The minimum atomic E-state index is -3.54. The Bertz CT molecular complexity index is 1050. The van der Waals surface area contributed by atoms with Crippen molar-refractivity contribution in [2.75, 3.05) is 20.2 Å². The molecule has 10 heteroatoms. The maximum atomic E-state index is 13.0. The van der Waals surface area contributed by atoms with Crippen LogP contribution in [-0.2, 0) is 16.6 Å². The fourth-order valence-corrected chi connectivity index (χ4v) is 5.01. The van der Waals surface area contributed by atoms with Crippen molar-refractivity contribution in [3.05, 3.63) is 48.8 Å². The lowest BCUT2D eigenvalue weighted by molar-refractivity contribution is 0.231. The number of tetrazole rings is 1. The first-order valence-electron chi connectivity index (χ1n) is 9.38. The molecule has 0 N–H and O–H groups in total.